The molecule has 1 unspecified atom stereocenters. The van der Waals surface area contributed by atoms with E-state index in [-0.39, 0.29) is 5.91 Å². The maximum atomic E-state index is 11.8. The Morgan fingerprint density at radius 2 is 1.90 bits per heavy atom. The number of carbonyl (C=O) groups is 1. The molecule has 0 spiro atoms. The van der Waals surface area contributed by atoms with Crippen LogP contribution in [0.3, 0.4) is 0 Å². The zero-order chi connectivity index (χ0) is 14.1. The van der Waals surface area contributed by atoms with Crippen LogP contribution in [0, 0.1) is 0 Å². The standard InChI is InChI=1S/C16H23N3O/c1-18(2)16(20)12-3-5-13(6-4-12)17-14-9-10-19(11-14)15-7-8-15/h3-6,14-15,17H,7-11H2,1-2H3. The molecule has 1 aliphatic heterocycles. The summed E-state index contributed by atoms with van der Waals surface area (Å²) in [6, 6.07) is 9.23. The van der Waals surface area contributed by atoms with Gasteiger partial charge in [0.15, 0.2) is 0 Å². The SMILES string of the molecule is CN(C)C(=O)c1ccc(NC2CCN(C3CC3)C2)cc1. The fraction of sp³-hybridized carbons (Fsp3) is 0.562. The second-order valence-electron chi connectivity index (χ2n) is 6.13. The van der Waals surface area contributed by atoms with Gasteiger partial charge in [-0.1, -0.05) is 0 Å². The molecule has 0 radical (unpaired) electrons. The molecule has 1 N–H and O–H groups in total. The van der Waals surface area contributed by atoms with Gasteiger partial charge >= 0.3 is 0 Å². The van der Waals surface area contributed by atoms with Gasteiger partial charge in [0.2, 0.25) is 0 Å². The number of hydrogen-bond donors (Lipinski definition) is 1. The zero-order valence-corrected chi connectivity index (χ0v) is 12.3. The first-order chi connectivity index (χ1) is 9.63. The molecule has 1 heterocycles. The van der Waals surface area contributed by atoms with E-state index in [1.54, 1.807) is 19.0 Å². The van der Waals surface area contributed by atoms with Gasteiger partial charge in [0.1, 0.15) is 0 Å². The quantitative estimate of drug-likeness (QED) is 0.912. The van der Waals surface area contributed by atoms with Crippen molar-refractivity contribution < 1.29 is 4.79 Å². The van der Waals surface area contributed by atoms with Crippen LogP contribution in [0.4, 0.5) is 5.69 Å². The van der Waals surface area contributed by atoms with Crippen molar-refractivity contribution in [3.8, 4) is 0 Å². The average molecular weight is 273 g/mol. The van der Waals surface area contributed by atoms with Crippen LogP contribution in [0.25, 0.3) is 0 Å². The van der Waals surface area contributed by atoms with E-state index in [2.05, 4.69) is 10.2 Å². The van der Waals surface area contributed by atoms with Crippen molar-refractivity contribution in [2.24, 2.45) is 0 Å². The molecular formula is C16H23N3O. The van der Waals surface area contributed by atoms with Gasteiger partial charge in [0.25, 0.3) is 5.91 Å². The molecule has 3 rings (SSSR count). The lowest BCUT2D eigenvalue weighted by atomic mass is 10.1. The van der Waals surface area contributed by atoms with Crippen molar-refractivity contribution in [3.05, 3.63) is 29.8 Å². The van der Waals surface area contributed by atoms with E-state index in [4.69, 9.17) is 0 Å². The van der Waals surface area contributed by atoms with Crippen LogP contribution < -0.4 is 5.32 Å². The van der Waals surface area contributed by atoms with Gasteiger partial charge in [-0.3, -0.25) is 9.69 Å². The fourth-order valence-corrected chi connectivity index (χ4v) is 2.88. The maximum Gasteiger partial charge on any atom is 0.253 e. The Kier molecular flexibility index (Phi) is 3.66. The van der Waals surface area contributed by atoms with Crippen LogP contribution in [0.15, 0.2) is 24.3 Å². The van der Waals surface area contributed by atoms with Crippen molar-refractivity contribution >= 4 is 11.6 Å². The molecule has 2 aliphatic rings. The minimum Gasteiger partial charge on any atom is -0.381 e. The van der Waals surface area contributed by atoms with Gasteiger partial charge in [-0.25, -0.2) is 0 Å². The summed E-state index contributed by atoms with van der Waals surface area (Å²) in [5.74, 6) is 0.0531. The minimum absolute atomic E-state index is 0.0531. The molecule has 20 heavy (non-hydrogen) atoms. The van der Waals surface area contributed by atoms with E-state index >= 15 is 0 Å². The number of hydrogen-bond acceptors (Lipinski definition) is 3. The summed E-state index contributed by atoms with van der Waals surface area (Å²) in [5.41, 5.74) is 1.86. The van der Waals surface area contributed by atoms with Crippen molar-refractivity contribution in [2.45, 2.75) is 31.3 Å². The van der Waals surface area contributed by atoms with E-state index in [0.717, 1.165) is 23.8 Å². The van der Waals surface area contributed by atoms with Crippen molar-refractivity contribution in [1.29, 1.82) is 0 Å². The van der Waals surface area contributed by atoms with E-state index in [1.165, 1.54) is 25.8 Å². The summed E-state index contributed by atoms with van der Waals surface area (Å²) in [7, 11) is 3.55. The second-order valence-corrected chi connectivity index (χ2v) is 6.13. The number of benzene rings is 1. The third kappa shape index (κ3) is 2.96. The third-order valence-electron chi connectivity index (χ3n) is 4.19. The van der Waals surface area contributed by atoms with Crippen LogP contribution in [0.1, 0.15) is 29.6 Å². The number of amides is 1. The Labute approximate surface area is 120 Å². The smallest absolute Gasteiger partial charge is 0.253 e. The Morgan fingerprint density at radius 1 is 1.20 bits per heavy atom. The lowest BCUT2D eigenvalue weighted by Gasteiger charge is -2.17. The molecule has 1 aromatic carbocycles. The minimum atomic E-state index is 0.0531. The summed E-state index contributed by atoms with van der Waals surface area (Å²) in [5, 5.41) is 3.58. The summed E-state index contributed by atoms with van der Waals surface area (Å²) in [6.07, 6.45) is 3.98. The van der Waals surface area contributed by atoms with Crippen molar-refractivity contribution in [2.75, 3.05) is 32.5 Å². The molecule has 1 aliphatic carbocycles. The number of anilines is 1. The van der Waals surface area contributed by atoms with Crippen LogP contribution >= 0.6 is 0 Å². The maximum absolute atomic E-state index is 11.8. The molecule has 1 aromatic rings. The lowest BCUT2D eigenvalue weighted by Crippen LogP contribution is -2.27. The Morgan fingerprint density at radius 3 is 2.50 bits per heavy atom. The van der Waals surface area contributed by atoms with Gasteiger partial charge < -0.3 is 10.2 Å². The van der Waals surface area contributed by atoms with Gasteiger partial charge in [-0.2, -0.15) is 0 Å². The Balaban J connectivity index is 1.57. The van der Waals surface area contributed by atoms with Crippen LogP contribution in [0.5, 0.6) is 0 Å². The highest BCUT2D eigenvalue weighted by molar-refractivity contribution is 5.94. The molecule has 1 atom stereocenters. The van der Waals surface area contributed by atoms with Crippen molar-refractivity contribution in [3.63, 3.8) is 0 Å². The highest BCUT2D eigenvalue weighted by Gasteiger charge is 2.34. The van der Waals surface area contributed by atoms with E-state index in [9.17, 15) is 4.79 Å². The topological polar surface area (TPSA) is 35.6 Å². The second kappa shape index (κ2) is 5.44. The van der Waals surface area contributed by atoms with E-state index < -0.39 is 0 Å². The van der Waals surface area contributed by atoms with Gasteiger partial charge in [0.05, 0.1) is 0 Å². The number of rotatable bonds is 4. The molecule has 1 amide bonds. The molecule has 2 fully saturated rings. The average Bonchev–Trinajstić information content (AvgIpc) is 3.20. The zero-order valence-electron chi connectivity index (χ0n) is 12.3. The first kappa shape index (κ1) is 13.4. The predicted octanol–water partition coefficient (Wildman–Crippen LogP) is 2.04. The molecule has 1 saturated heterocycles. The third-order valence-corrected chi connectivity index (χ3v) is 4.19. The highest BCUT2D eigenvalue weighted by Crippen LogP contribution is 2.30. The molecular weight excluding hydrogens is 250 g/mol. The summed E-state index contributed by atoms with van der Waals surface area (Å²) in [4.78, 5) is 16.0. The molecule has 108 valence electrons. The predicted molar refractivity (Wildman–Crippen MR) is 81.1 cm³/mol. The van der Waals surface area contributed by atoms with Gasteiger partial charge in [-0.05, 0) is 43.5 Å². The largest absolute Gasteiger partial charge is 0.381 e. The molecule has 4 nitrogen and oxygen atoms in total. The lowest BCUT2D eigenvalue weighted by molar-refractivity contribution is 0.0827. The number of likely N-dealkylation sites (tertiary alicyclic amines) is 1. The number of carbonyl (C=O) groups excluding carboxylic acids is 1. The van der Waals surface area contributed by atoms with Crippen LogP contribution in [-0.4, -0.2) is 55.0 Å². The number of nitrogens with zero attached hydrogens (tertiary/aromatic N) is 2. The highest BCUT2D eigenvalue weighted by atomic mass is 16.2. The first-order valence-corrected chi connectivity index (χ1v) is 7.46. The summed E-state index contributed by atoms with van der Waals surface area (Å²) < 4.78 is 0. The van der Waals surface area contributed by atoms with Crippen LogP contribution in [-0.2, 0) is 0 Å². The van der Waals surface area contributed by atoms with Crippen molar-refractivity contribution in [1.82, 2.24) is 9.80 Å². The first-order valence-electron chi connectivity index (χ1n) is 7.46. The van der Waals surface area contributed by atoms with E-state index in [0.29, 0.717) is 6.04 Å². The molecule has 4 heteroatoms. The fourth-order valence-electron chi connectivity index (χ4n) is 2.88. The summed E-state index contributed by atoms with van der Waals surface area (Å²) in [6.45, 7) is 2.38. The molecule has 0 bridgehead atoms. The van der Waals surface area contributed by atoms with Gasteiger partial charge in [-0.15, -0.1) is 0 Å². The van der Waals surface area contributed by atoms with Crippen LogP contribution in [0.2, 0.25) is 0 Å². The van der Waals surface area contributed by atoms with Gasteiger partial charge in [0, 0.05) is 50.5 Å². The number of nitrogens with one attached hydrogen (secondary N) is 1. The molecule has 0 aromatic heterocycles. The molecule has 1 saturated carbocycles. The van der Waals surface area contributed by atoms with E-state index in [1.807, 2.05) is 24.3 Å². The normalized spacial score (nSPS) is 22.8. The summed E-state index contributed by atoms with van der Waals surface area (Å²) >= 11 is 0. The Bertz CT molecular complexity index is 479. The Hall–Kier alpha value is -1.55. The monoisotopic (exact) mass is 273 g/mol.